The van der Waals surface area contributed by atoms with Gasteiger partial charge in [0.1, 0.15) is 15.8 Å². The quantitative estimate of drug-likeness (QED) is 0.314. The molecule has 2 aromatic rings. The summed E-state index contributed by atoms with van der Waals surface area (Å²) in [6, 6.07) is 8.84. The van der Waals surface area contributed by atoms with Crippen LogP contribution < -0.4 is 5.73 Å². The van der Waals surface area contributed by atoms with E-state index in [9.17, 15) is 9.59 Å². The highest BCUT2D eigenvalue weighted by Gasteiger charge is 2.31. The molecule has 0 atom stereocenters. The van der Waals surface area contributed by atoms with Gasteiger partial charge in [-0.15, -0.1) is 0 Å². The van der Waals surface area contributed by atoms with E-state index in [0.717, 1.165) is 18.4 Å². The van der Waals surface area contributed by atoms with Gasteiger partial charge in [0.25, 0.3) is 5.91 Å². The van der Waals surface area contributed by atoms with Crippen molar-refractivity contribution in [3.63, 3.8) is 0 Å². The zero-order chi connectivity index (χ0) is 21.0. The summed E-state index contributed by atoms with van der Waals surface area (Å²) in [7, 11) is 0. The minimum atomic E-state index is -0.308. The standard InChI is InChI=1S/C20H18Cl2N2O3S2/c21-14-7-5-12(10-15(14)22)16-8-6-13(27-16)11-17-19(26)24(20(28)29-17)9-3-1-2-4-18(23)25/h5-8,10-11H,1-4,9H2,(H2,23,25)/b17-11+. The fraction of sp³-hybridized carbons (Fsp3) is 0.250. The number of nitrogens with two attached hydrogens (primary N) is 1. The molecule has 1 aromatic heterocycles. The first-order chi connectivity index (χ1) is 13.8. The van der Waals surface area contributed by atoms with Crippen molar-refractivity contribution < 1.29 is 14.0 Å². The lowest BCUT2D eigenvalue weighted by Gasteiger charge is -2.13. The van der Waals surface area contributed by atoms with Crippen LogP contribution in [0.1, 0.15) is 31.4 Å². The Labute approximate surface area is 188 Å². The zero-order valence-electron chi connectivity index (χ0n) is 15.3. The molecule has 29 heavy (non-hydrogen) atoms. The number of halogens is 2. The minimum Gasteiger partial charge on any atom is -0.457 e. The smallest absolute Gasteiger partial charge is 0.266 e. The first-order valence-electron chi connectivity index (χ1n) is 8.94. The molecule has 3 rings (SSSR count). The van der Waals surface area contributed by atoms with Gasteiger partial charge in [-0.2, -0.15) is 0 Å². The molecule has 1 aliphatic heterocycles. The van der Waals surface area contributed by atoms with Crippen molar-refractivity contribution in [3.8, 4) is 11.3 Å². The van der Waals surface area contributed by atoms with Gasteiger partial charge in [0.05, 0.1) is 15.0 Å². The number of hydrogen-bond acceptors (Lipinski definition) is 5. The Morgan fingerprint density at radius 3 is 2.69 bits per heavy atom. The number of hydrogen-bond donors (Lipinski definition) is 1. The molecule has 1 aromatic carbocycles. The number of nitrogens with zero attached hydrogens (tertiary/aromatic N) is 1. The van der Waals surface area contributed by atoms with Crippen molar-refractivity contribution in [1.29, 1.82) is 0 Å². The zero-order valence-corrected chi connectivity index (χ0v) is 18.5. The monoisotopic (exact) mass is 468 g/mol. The van der Waals surface area contributed by atoms with Gasteiger partial charge < -0.3 is 10.2 Å². The molecule has 2 N–H and O–H groups in total. The van der Waals surface area contributed by atoms with Crippen molar-refractivity contribution in [3.05, 3.63) is 51.0 Å². The lowest BCUT2D eigenvalue weighted by atomic mass is 10.2. The van der Waals surface area contributed by atoms with Crippen LogP contribution in [-0.4, -0.2) is 27.6 Å². The van der Waals surface area contributed by atoms with Gasteiger partial charge in [-0.3, -0.25) is 14.5 Å². The van der Waals surface area contributed by atoms with Crippen LogP contribution in [0.25, 0.3) is 17.4 Å². The summed E-state index contributed by atoms with van der Waals surface area (Å²) in [6.07, 6.45) is 4.33. The van der Waals surface area contributed by atoms with Gasteiger partial charge >= 0.3 is 0 Å². The number of benzene rings is 1. The second-order valence-corrected chi connectivity index (χ2v) is 8.93. The van der Waals surface area contributed by atoms with Crippen LogP contribution in [0.3, 0.4) is 0 Å². The third kappa shape index (κ3) is 5.63. The second-order valence-electron chi connectivity index (χ2n) is 6.44. The predicted octanol–water partition coefficient (Wildman–Crippen LogP) is 5.50. The summed E-state index contributed by atoms with van der Waals surface area (Å²) < 4.78 is 6.35. The summed E-state index contributed by atoms with van der Waals surface area (Å²) in [5.74, 6) is 0.729. The van der Waals surface area contributed by atoms with E-state index in [1.54, 1.807) is 29.2 Å². The van der Waals surface area contributed by atoms with Crippen molar-refractivity contribution in [2.45, 2.75) is 25.7 Å². The Kier molecular flexibility index (Phi) is 7.40. The number of primary amides is 1. The molecule has 1 fully saturated rings. The molecule has 0 aliphatic carbocycles. The van der Waals surface area contributed by atoms with Crippen LogP contribution in [0.4, 0.5) is 0 Å². The SMILES string of the molecule is NC(=O)CCCCCN1C(=O)/C(=C\c2ccc(-c3ccc(Cl)c(Cl)c3)o2)SC1=S. The average Bonchev–Trinajstić information content (AvgIpc) is 3.23. The highest BCUT2D eigenvalue weighted by atomic mass is 35.5. The summed E-state index contributed by atoms with van der Waals surface area (Å²) in [6.45, 7) is 0.521. The number of furan rings is 1. The van der Waals surface area contributed by atoms with E-state index in [4.69, 9.17) is 45.6 Å². The van der Waals surface area contributed by atoms with Crippen LogP contribution >= 0.6 is 47.2 Å². The van der Waals surface area contributed by atoms with Gasteiger partial charge in [-0.05, 0) is 43.2 Å². The number of unbranched alkanes of at least 4 members (excludes halogenated alkanes) is 2. The molecule has 152 valence electrons. The molecule has 2 heterocycles. The van der Waals surface area contributed by atoms with Crippen molar-refractivity contribution in [2.75, 3.05) is 6.54 Å². The average molecular weight is 469 g/mol. The van der Waals surface area contributed by atoms with Gasteiger partial charge in [0.15, 0.2) is 0 Å². The van der Waals surface area contributed by atoms with Gasteiger partial charge in [-0.1, -0.05) is 53.6 Å². The fourth-order valence-corrected chi connectivity index (χ4v) is 4.39. The first-order valence-corrected chi connectivity index (χ1v) is 10.9. The van der Waals surface area contributed by atoms with Gasteiger partial charge in [-0.25, -0.2) is 0 Å². The maximum absolute atomic E-state index is 12.7. The molecule has 5 nitrogen and oxygen atoms in total. The molecular formula is C20H18Cl2N2O3S2. The van der Waals surface area contributed by atoms with Crippen molar-refractivity contribution in [1.82, 2.24) is 4.90 Å². The Morgan fingerprint density at radius 2 is 1.97 bits per heavy atom. The molecule has 0 saturated carbocycles. The summed E-state index contributed by atoms with van der Waals surface area (Å²) in [5.41, 5.74) is 5.92. The van der Waals surface area contributed by atoms with Gasteiger partial charge in [0, 0.05) is 24.6 Å². The van der Waals surface area contributed by atoms with E-state index in [2.05, 4.69) is 0 Å². The summed E-state index contributed by atoms with van der Waals surface area (Å²) in [5, 5.41) is 0.916. The molecule has 0 radical (unpaired) electrons. The van der Waals surface area contributed by atoms with E-state index in [-0.39, 0.29) is 11.8 Å². The van der Waals surface area contributed by atoms with E-state index in [1.807, 2.05) is 12.1 Å². The highest BCUT2D eigenvalue weighted by Crippen LogP contribution is 2.34. The van der Waals surface area contributed by atoms with Crippen LogP contribution in [0.2, 0.25) is 10.0 Å². The number of rotatable bonds is 8. The van der Waals surface area contributed by atoms with Crippen molar-refractivity contribution >= 4 is 69.4 Å². The minimum absolute atomic E-state index is 0.137. The highest BCUT2D eigenvalue weighted by molar-refractivity contribution is 8.26. The van der Waals surface area contributed by atoms with Gasteiger partial charge in [0.2, 0.25) is 5.91 Å². The molecule has 0 spiro atoms. The number of carbonyl (C=O) groups excluding carboxylic acids is 2. The maximum Gasteiger partial charge on any atom is 0.266 e. The van der Waals surface area contributed by atoms with Crippen LogP contribution in [0, 0.1) is 0 Å². The molecule has 0 bridgehead atoms. The van der Waals surface area contributed by atoms with E-state index >= 15 is 0 Å². The van der Waals surface area contributed by atoms with E-state index < -0.39 is 0 Å². The number of carbonyl (C=O) groups is 2. The lowest BCUT2D eigenvalue weighted by Crippen LogP contribution is -2.29. The van der Waals surface area contributed by atoms with Crippen LogP contribution in [0.15, 0.2) is 39.7 Å². The maximum atomic E-state index is 12.7. The normalized spacial score (nSPS) is 15.5. The molecule has 2 amide bonds. The third-order valence-electron chi connectivity index (χ3n) is 4.28. The first kappa shape index (κ1) is 21.9. The molecule has 9 heteroatoms. The number of amides is 2. The topological polar surface area (TPSA) is 76.5 Å². The molecule has 0 unspecified atom stereocenters. The number of thioether (sulfide) groups is 1. The lowest BCUT2D eigenvalue weighted by molar-refractivity contribution is -0.122. The molecule has 1 aliphatic rings. The fourth-order valence-electron chi connectivity index (χ4n) is 2.80. The summed E-state index contributed by atoms with van der Waals surface area (Å²) >= 11 is 18.6. The molecule has 1 saturated heterocycles. The third-order valence-corrected chi connectivity index (χ3v) is 6.40. The largest absolute Gasteiger partial charge is 0.457 e. The Morgan fingerprint density at radius 1 is 1.17 bits per heavy atom. The molecular weight excluding hydrogens is 451 g/mol. The Hall–Kier alpha value is -1.80. The number of thiocarbonyl (C=S) groups is 1. The van der Waals surface area contributed by atoms with Crippen LogP contribution in [0.5, 0.6) is 0 Å². The predicted molar refractivity (Wildman–Crippen MR) is 122 cm³/mol. The summed E-state index contributed by atoms with van der Waals surface area (Å²) in [4.78, 5) is 25.5. The second kappa shape index (κ2) is 9.80. The Balaban J connectivity index is 1.64. The Bertz CT molecular complexity index is 988. The van der Waals surface area contributed by atoms with E-state index in [1.165, 1.54) is 11.8 Å². The van der Waals surface area contributed by atoms with E-state index in [0.29, 0.717) is 50.2 Å². The van der Waals surface area contributed by atoms with Crippen molar-refractivity contribution in [2.24, 2.45) is 5.73 Å². The van der Waals surface area contributed by atoms with Crippen LogP contribution in [-0.2, 0) is 9.59 Å².